The Bertz CT molecular complexity index is 1380. The molecule has 0 aliphatic carbocycles. The molecule has 42 heavy (non-hydrogen) atoms. The highest BCUT2D eigenvalue weighted by atomic mass is 16.6. The number of fused-ring (bicyclic) bond motifs is 1. The maximum Gasteiger partial charge on any atom is 0.408 e. The van der Waals surface area contributed by atoms with Crippen molar-refractivity contribution in [2.24, 2.45) is 5.92 Å². The normalized spacial score (nSPS) is 13.7. The zero-order chi connectivity index (χ0) is 31.0. The summed E-state index contributed by atoms with van der Waals surface area (Å²) in [5, 5.41) is 17.8. The minimum Gasteiger partial charge on any atom is -0.444 e. The molecule has 0 fully saturated rings. The third kappa shape index (κ3) is 8.79. The van der Waals surface area contributed by atoms with Crippen molar-refractivity contribution in [1.82, 2.24) is 10.2 Å². The molecule has 3 aromatic rings. The number of hydrogen-bond donors (Lipinski definition) is 3. The smallest absolute Gasteiger partial charge is 0.408 e. The highest BCUT2D eigenvalue weighted by Gasteiger charge is 2.39. The van der Waals surface area contributed by atoms with Gasteiger partial charge in [-0.1, -0.05) is 68.4 Å². The van der Waals surface area contributed by atoms with Crippen molar-refractivity contribution in [3.8, 4) is 0 Å². The van der Waals surface area contributed by atoms with E-state index in [4.69, 9.17) is 4.74 Å². The van der Waals surface area contributed by atoms with Crippen LogP contribution in [-0.2, 0) is 14.3 Å². The molecular weight excluding hydrogens is 530 g/mol. The monoisotopic (exact) mass is 575 g/mol. The SMILES string of the molecule is Cc1ccccc1C(C(=O)Nc1ccc2ccccc2c1)N(C(=O)C(CO)NC(=O)OC(C)(C)C)C(C)CCC(C)C. The van der Waals surface area contributed by atoms with Crippen LogP contribution in [0.3, 0.4) is 0 Å². The summed E-state index contributed by atoms with van der Waals surface area (Å²) in [4.78, 5) is 42.6. The summed E-state index contributed by atoms with van der Waals surface area (Å²) >= 11 is 0. The number of aryl methyl sites for hydroxylation is 1. The van der Waals surface area contributed by atoms with Crippen LogP contribution in [0.25, 0.3) is 10.8 Å². The van der Waals surface area contributed by atoms with E-state index in [9.17, 15) is 19.5 Å². The van der Waals surface area contributed by atoms with Gasteiger partial charge in [0, 0.05) is 11.7 Å². The minimum atomic E-state index is -1.30. The van der Waals surface area contributed by atoms with Crippen LogP contribution in [0.5, 0.6) is 0 Å². The van der Waals surface area contributed by atoms with Gasteiger partial charge in [0.2, 0.25) is 5.91 Å². The summed E-state index contributed by atoms with van der Waals surface area (Å²) < 4.78 is 5.35. The quantitative estimate of drug-likeness (QED) is 0.246. The number of carbonyl (C=O) groups is 3. The molecule has 3 atom stereocenters. The Morgan fingerprint density at radius 2 is 1.55 bits per heavy atom. The molecule has 3 aromatic carbocycles. The Hall–Kier alpha value is -3.91. The number of anilines is 1. The van der Waals surface area contributed by atoms with E-state index in [1.54, 1.807) is 20.8 Å². The molecule has 0 aromatic heterocycles. The summed E-state index contributed by atoms with van der Waals surface area (Å²) in [6.07, 6.45) is 0.624. The van der Waals surface area contributed by atoms with Crippen molar-refractivity contribution in [1.29, 1.82) is 0 Å². The number of benzene rings is 3. The lowest BCUT2D eigenvalue weighted by molar-refractivity contribution is -0.144. The highest BCUT2D eigenvalue weighted by molar-refractivity contribution is 6.00. The van der Waals surface area contributed by atoms with Gasteiger partial charge >= 0.3 is 6.09 Å². The van der Waals surface area contributed by atoms with E-state index in [0.29, 0.717) is 23.6 Å². The lowest BCUT2D eigenvalue weighted by atomic mass is 9.94. The van der Waals surface area contributed by atoms with E-state index >= 15 is 0 Å². The molecule has 3 amide bonds. The van der Waals surface area contributed by atoms with Crippen molar-refractivity contribution in [2.45, 2.75) is 85.0 Å². The first-order valence-electron chi connectivity index (χ1n) is 14.6. The number of alkyl carbamates (subject to hydrolysis) is 1. The maximum absolute atomic E-state index is 14.2. The summed E-state index contributed by atoms with van der Waals surface area (Å²) in [5.41, 5.74) is 1.31. The second kappa shape index (κ2) is 14.3. The Morgan fingerprint density at radius 3 is 2.17 bits per heavy atom. The molecule has 0 spiro atoms. The molecule has 226 valence electrons. The number of amides is 3. The van der Waals surface area contributed by atoms with E-state index in [2.05, 4.69) is 24.5 Å². The lowest BCUT2D eigenvalue weighted by Crippen LogP contribution is -2.56. The third-order valence-corrected chi connectivity index (χ3v) is 7.09. The number of ether oxygens (including phenoxy) is 1. The molecule has 0 saturated heterocycles. The van der Waals surface area contributed by atoms with Gasteiger partial charge in [0.05, 0.1) is 6.61 Å². The summed E-state index contributed by atoms with van der Waals surface area (Å²) in [6.45, 7) is 12.5. The van der Waals surface area contributed by atoms with Crippen LogP contribution in [0.2, 0.25) is 0 Å². The Morgan fingerprint density at radius 1 is 0.905 bits per heavy atom. The minimum absolute atomic E-state index is 0.376. The van der Waals surface area contributed by atoms with Crippen LogP contribution in [-0.4, -0.2) is 52.2 Å². The van der Waals surface area contributed by atoms with Gasteiger partial charge in [0.15, 0.2) is 0 Å². The molecule has 0 aliphatic heterocycles. The fourth-order valence-electron chi connectivity index (χ4n) is 4.92. The van der Waals surface area contributed by atoms with Crippen LogP contribution >= 0.6 is 0 Å². The zero-order valence-corrected chi connectivity index (χ0v) is 25.8. The number of carbonyl (C=O) groups excluding carboxylic acids is 3. The van der Waals surface area contributed by atoms with Crippen LogP contribution in [0.4, 0.5) is 10.5 Å². The van der Waals surface area contributed by atoms with Gasteiger partial charge in [-0.3, -0.25) is 9.59 Å². The topological polar surface area (TPSA) is 108 Å². The first-order chi connectivity index (χ1) is 19.8. The third-order valence-electron chi connectivity index (χ3n) is 7.09. The summed E-state index contributed by atoms with van der Waals surface area (Å²) in [7, 11) is 0. The largest absolute Gasteiger partial charge is 0.444 e. The fraction of sp³-hybridized carbons (Fsp3) is 0.441. The second-order valence-electron chi connectivity index (χ2n) is 12.3. The van der Waals surface area contributed by atoms with Crippen LogP contribution in [0, 0.1) is 12.8 Å². The van der Waals surface area contributed by atoms with E-state index in [0.717, 1.165) is 22.8 Å². The number of nitrogens with zero attached hydrogens (tertiary/aromatic N) is 1. The standard InChI is InChI=1S/C34H45N3O5/c1-22(2)16-17-24(4)37(32(40)29(21-38)36-33(41)42-34(5,6)7)30(28-15-11-8-12-23(28)3)31(39)35-27-19-18-25-13-9-10-14-26(25)20-27/h8-15,18-20,22,24,29-30,38H,16-17,21H2,1-7H3,(H,35,39)(H,36,41). The molecule has 8 heteroatoms. The van der Waals surface area contributed by atoms with Gasteiger partial charge in [-0.25, -0.2) is 4.79 Å². The number of hydrogen-bond acceptors (Lipinski definition) is 5. The molecule has 0 saturated carbocycles. The van der Waals surface area contributed by atoms with E-state index < -0.39 is 42.2 Å². The van der Waals surface area contributed by atoms with Crippen molar-refractivity contribution < 1.29 is 24.2 Å². The van der Waals surface area contributed by atoms with Gasteiger partial charge in [0.25, 0.3) is 5.91 Å². The van der Waals surface area contributed by atoms with E-state index in [1.807, 2.05) is 80.6 Å². The molecule has 0 heterocycles. The first kappa shape index (κ1) is 32.6. The molecular formula is C34H45N3O5. The highest BCUT2D eigenvalue weighted by Crippen LogP contribution is 2.31. The number of rotatable bonds is 11. The van der Waals surface area contributed by atoms with Crippen molar-refractivity contribution in [2.75, 3.05) is 11.9 Å². The average Bonchev–Trinajstić information content (AvgIpc) is 2.92. The van der Waals surface area contributed by atoms with E-state index in [1.165, 1.54) is 4.90 Å². The number of aliphatic hydroxyl groups excluding tert-OH is 1. The first-order valence-corrected chi connectivity index (χ1v) is 14.6. The fourth-order valence-corrected chi connectivity index (χ4v) is 4.92. The molecule has 8 nitrogen and oxygen atoms in total. The van der Waals surface area contributed by atoms with Crippen molar-refractivity contribution >= 4 is 34.4 Å². The number of aliphatic hydroxyl groups is 1. The summed E-state index contributed by atoms with van der Waals surface area (Å²) in [5.74, 6) is -0.582. The van der Waals surface area contributed by atoms with Gasteiger partial charge < -0.3 is 25.4 Å². The second-order valence-corrected chi connectivity index (χ2v) is 12.3. The van der Waals surface area contributed by atoms with Crippen LogP contribution in [0.1, 0.15) is 71.6 Å². The van der Waals surface area contributed by atoms with Crippen molar-refractivity contribution in [3.05, 3.63) is 77.9 Å². The Labute approximate surface area is 249 Å². The molecule has 3 N–H and O–H groups in total. The Balaban J connectivity index is 2.06. The summed E-state index contributed by atoms with van der Waals surface area (Å²) in [6, 6.07) is 18.3. The molecule has 0 radical (unpaired) electrons. The predicted octanol–water partition coefficient (Wildman–Crippen LogP) is 6.37. The van der Waals surface area contributed by atoms with Gasteiger partial charge in [-0.2, -0.15) is 0 Å². The van der Waals surface area contributed by atoms with Crippen LogP contribution in [0.15, 0.2) is 66.7 Å². The molecule has 3 unspecified atom stereocenters. The number of nitrogens with one attached hydrogen (secondary N) is 2. The zero-order valence-electron chi connectivity index (χ0n) is 25.8. The average molecular weight is 576 g/mol. The predicted molar refractivity (Wildman–Crippen MR) is 167 cm³/mol. The maximum atomic E-state index is 14.2. The van der Waals surface area contributed by atoms with Crippen molar-refractivity contribution in [3.63, 3.8) is 0 Å². The molecule has 0 aliphatic rings. The van der Waals surface area contributed by atoms with Crippen LogP contribution < -0.4 is 10.6 Å². The lowest BCUT2D eigenvalue weighted by Gasteiger charge is -2.39. The molecule has 0 bridgehead atoms. The Kier molecular flexibility index (Phi) is 11.1. The van der Waals surface area contributed by atoms with Gasteiger partial charge in [0.1, 0.15) is 17.7 Å². The van der Waals surface area contributed by atoms with Gasteiger partial charge in [-0.15, -0.1) is 0 Å². The van der Waals surface area contributed by atoms with E-state index in [-0.39, 0.29) is 6.04 Å². The molecule has 3 rings (SSSR count). The van der Waals surface area contributed by atoms with Gasteiger partial charge in [-0.05, 0) is 87.4 Å².